The van der Waals surface area contributed by atoms with E-state index < -0.39 is 0 Å². The van der Waals surface area contributed by atoms with Gasteiger partial charge in [-0.1, -0.05) is 41.5 Å². The van der Waals surface area contributed by atoms with E-state index in [1.54, 1.807) is 18.2 Å². The van der Waals surface area contributed by atoms with Crippen LogP contribution in [0.25, 0.3) is 0 Å². The molecule has 0 saturated carbocycles. The molecule has 104 valence electrons. The van der Waals surface area contributed by atoms with Crippen LogP contribution in [0.2, 0.25) is 0 Å². The van der Waals surface area contributed by atoms with Crippen molar-refractivity contribution < 1.29 is 9.90 Å². The Morgan fingerprint density at radius 2 is 1.85 bits per heavy atom. The maximum atomic E-state index is 12.0. The van der Waals surface area contributed by atoms with Gasteiger partial charge in [0, 0.05) is 6.54 Å². The van der Waals surface area contributed by atoms with E-state index in [9.17, 15) is 9.90 Å². The second-order valence-corrected chi connectivity index (χ2v) is 5.02. The number of carbonyl (C=O) groups excluding carboxylic acids is 1. The van der Waals surface area contributed by atoms with Crippen molar-refractivity contribution in [3.8, 4) is 5.75 Å². The fourth-order valence-electron chi connectivity index (χ4n) is 2.11. The van der Waals surface area contributed by atoms with E-state index in [0.717, 1.165) is 12.0 Å². The monoisotopic (exact) mass is 269 g/mol. The first-order chi connectivity index (χ1) is 9.56. The Bertz CT molecular complexity index is 620. The number of benzene rings is 2. The summed E-state index contributed by atoms with van der Waals surface area (Å²) in [5.74, 6) is -0.220. The van der Waals surface area contributed by atoms with E-state index in [0.29, 0.717) is 12.1 Å². The van der Waals surface area contributed by atoms with Gasteiger partial charge in [0.25, 0.3) is 5.91 Å². The van der Waals surface area contributed by atoms with E-state index in [1.807, 2.05) is 32.0 Å². The summed E-state index contributed by atoms with van der Waals surface area (Å²) in [6, 6.07) is 13.2. The molecule has 0 spiro atoms. The Kier molecular flexibility index (Phi) is 4.41. The number of hydrogen-bond acceptors (Lipinski definition) is 2. The van der Waals surface area contributed by atoms with Crippen molar-refractivity contribution in [3.05, 3.63) is 64.7 Å². The maximum Gasteiger partial charge on any atom is 0.255 e. The molecular weight excluding hydrogens is 250 g/mol. The Morgan fingerprint density at radius 1 is 1.10 bits per heavy atom. The molecule has 0 aliphatic rings. The minimum atomic E-state index is -0.237. The number of aryl methyl sites for hydroxylation is 2. The smallest absolute Gasteiger partial charge is 0.255 e. The Morgan fingerprint density at radius 3 is 2.60 bits per heavy atom. The number of carbonyl (C=O) groups is 1. The molecule has 0 aromatic heterocycles. The number of rotatable bonds is 4. The topological polar surface area (TPSA) is 49.3 Å². The van der Waals surface area contributed by atoms with Gasteiger partial charge in [0.05, 0.1) is 5.56 Å². The third-order valence-electron chi connectivity index (χ3n) is 3.18. The predicted octanol–water partition coefficient (Wildman–Crippen LogP) is 2.98. The summed E-state index contributed by atoms with van der Waals surface area (Å²) in [6.45, 7) is 4.49. The lowest BCUT2D eigenvalue weighted by atomic mass is 10.1. The van der Waals surface area contributed by atoms with E-state index in [-0.39, 0.29) is 11.7 Å². The average Bonchev–Trinajstić information content (AvgIpc) is 2.41. The summed E-state index contributed by atoms with van der Waals surface area (Å²) in [7, 11) is 0. The Labute approximate surface area is 119 Å². The van der Waals surface area contributed by atoms with Gasteiger partial charge in [0.1, 0.15) is 5.75 Å². The van der Waals surface area contributed by atoms with Gasteiger partial charge in [0.2, 0.25) is 0 Å². The van der Waals surface area contributed by atoms with Gasteiger partial charge >= 0.3 is 0 Å². The van der Waals surface area contributed by atoms with Crippen molar-refractivity contribution in [1.29, 1.82) is 0 Å². The van der Waals surface area contributed by atoms with E-state index in [1.165, 1.54) is 11.1 Å². The van der Waals surface area contributed by atoms with Crippen LogP contribution in [0.5, 0.6) is 5.75 Å². The maximum absolute atomic E-state index is 12.0. The molecule has 3 nitrogen and oxygen atoms in total. The summed E-state index contributed by atoms with van der Waals surface area (Å²) in [4.78, 5) is 12.0. The summed E-state index contributed by atoms with van der Waals surface area (Å²) in [6.07, 6.45) is 0.778. The second-order valence-electron chi connectivity index (χ2n) is 5.02. The minimum absolute atomic E-state index is 0.0173. The normalized spacial score (nSPS) is 10.3. The first-order valence-corrected chi connectivity index (χ1v) is 6.69. The zero-order valence-electron chi connectivity index (χ0n) is 11.8. The van der Waals surface area contributed by atoms with Crippen LogP contribution in [0.15, 0.2) is 42.5 Å². The third-order valence-corrected chi connectivity index (χ3v) is 3.18. The highest BCUT2D eigenvalue weighted by Gasteiger charge is 2.10. The number of phenolic OH excluding ortho intramolecular Hbond substituents is 1. The van der Waals surface area contributed by atoms with Crippen molar-refractivity contribution >= 4 is 5.91 Å². The summed E-state index contributed by atoms with van der Waals surface area (Å²) in [5.41, 5.74) is 3.68. The molecule has 0 radical (unpaired) electrons. The largest absolute Gasteiger partial charge is 0.507 e. The lowest BCUT2D eigenvalue weighted by Gasteiger charge is -2.08. The van der Waals surface area contributed by atoms with Crippen LogP contribution in [-0.2, 0) is 6.42 Å². The summed E-state index contributed by atoms with van der Waals surface area (Å²) < 4.78 is 0. The lowest BCUT2D eigenvalue weighted by molar-refractivity contribution is 0.0951. The molecule has 0 fully saturated rings. The van der Waals surface area contributed by atoms with Gasteiger partial charge in [-0.05, 0) is 38.0 Å². The molecule has 20 heavy (non-hydrogen) atoms. The number of phenols is 1. The van der Waals surface area contributed by atoms with Crippen molar-refractivity contribution in [2.24, 2.45) is 0 Å². The first kappa shape index (κ1) is 14.1. The fraction of sp³-hybridized carbons (Fsp3) is 0.235. The molecule has 0 bridgehead atoms. The van der Waals surface area contributed by atoms with Crippen molar-refractivity contribution in [2.75, 3.05) is 6.54 Å². The molecule has 0 saturated heterocycles. The van der Waals surface area contributed by atoms with Crippen LogP contribution in [0.3, 0.4) is 0 Å². The molecule has 0 heterocycles. The highest BCUT2D eigenvalue weighted by molar-refractivity contribution is 5.96. The molecule has 2 aromatic carbocycles. The standard InChI is InChI=1S/C17H19NO2/c1-12-4-3-5-14(10-12)8-9-18-17(20)15-11-13(2)6-7-16(15)19/h3-7,10-11,19H,8-9H2,1-2H3,(H,18,20). The highest BCUT2D eigenvalue weighted by atomic mass is 16.3. The molecule has 0 aliphatic carbocycles. The highest BCUT2D eigenvalue weighted by Crippen LogP contribution is 2.17. The minimum Gasteiger partial charge on any atom is -0.507 e. The zero-order valence-corrected chi connectivity index (χ0v) is 11.8. The number of aromatic hydroxyl groups is 1. The van der Waals surface area contributed by atoms with Gasteiger partial charge in [-0.25, -0.2) is 0 Å². The first-order valence-electron chi connectivity index (χ1n) is 6.69. The van der Waals surface area contributed by atoms with Gasteiger partial charge < -0.3 is 10.4 Å². The third kappa shape index (κ3) is 3.60. The number of nitrogens with one attached hydrogen (secondary N) is 1. The average molecular weight is 269 g/mol. The fourth-order valence-corrected chi connectivity index (χ4v) is 2.11. The number of amides is 1. The molecule has 2 aromatic rings. The van der Waals surface area contributed by atoms with Crippen LogP contribution in [0, 0.1) is 13.8 Å². The molecule has 2 N–H and O–H groups in total. The second kappa shape index (κ2) is 6.24. The molecule has 0 aliphatic heterocycles. The molecule has 1 amide bonds. The Balaban J connectivity index is 1.94. The molecular formula is C17H19NO2. The number of hydrogen-bond donors (Lipinski definition) is 2. The quantitative estimate of drug-likeness (QED) is 0.896. The van der Waals surface area contributed by atoms with E-state index in [2.05, 4.69) is 11.4 Å². The van der Waals surface area contributed by atoms with Gasteiger partial charge in [-0.2, -0.15) is 0 Å². The van der Waals surface area contributed by atoms with E-state index >= 15 is 0 Å². The van der Waals surface area contributed by atoms with Gasteiger partial charge in [-0.15, -0.1) is 0 Å². The van der Waals surface area contributed by atoms with Gasteiger partial charge in [-0.3, -0.25) is 4.79 Å². The van der Waals surface area contributed by atoms with Crippen molar-refractivity contribution in [2.45, 2.75) is 20.3 Å². The van der Waals surface area contributed by atoms with Crippen LogP contribution >= 0.6 is 0 Å². The molecule has 0 atom stereocenters. The van der Waals surface area contributed by atoms with Crippen LogP contribution in [0.1, 0.15) is 27.0 Å². The predicted molar refractivity (Wildman–Crippen MR) is 80.1 cm³/mol. The molecule has 2 rings (SSSR count). The summed E-state index contributed by atoms with van der Waals surface area (Å²) >= 11 is 0. The Hall–Kier alpha value is -2.29. The zero-order chi connectivity index (χ0) is 14.5. The SMILES string of the molecule is Cc1cccc(CCNC(=O)c2cc(C)ccc2O)c1. The van der Waals surface area contributed by atoms with Crippen LogP contribution in [0.4, 0.5) is 0 Å². The van der Waals surface area contributed by atoms with Crippen LogP contribution < -0.4 is 5.32 Å². The lowest BCUT2D eigenvalue weighted by Crippen LogP contribution is -2.25. The van der Waals surface area contributed by atoms with E-state index in [4.69, 9.17) is 0 Å². The molecule has 3 heteroatoms. The van der Waals surface area contributed by atoms with Crippen molar-refractivity contribution in [1.82, 2.24) is 5.32 Å². The van der Waals surface area contributed by atoms with Crippen LogP contribution in [-0.4, -0.2) is 17.6 Å². The summed E-state index contributed by atoms with van der Waals surface area (Å²) in [5, 5.41) is 12.5. The van der Waals surface area contributed by atoms with Crippen molar-refractivity contribution in [3.63, 3.8) is 0 Å². The van der Waals surface area contributed by atoms with Gasteiger partial charge in [0.15, 0.2) is 0 Å². The molecule has 0 unspecified atom stereocenters.